The third kappa shape index (κ3) is 2.47. The minimum absolute atomic E-state index is 0.0514. The lowest BCUT2D eigenvalue weighted by molar-refractivity contribution is 0.103. The van der Waals surface area contributed by atoms with E-state index >= 15 is 0 Å². The highest BCUT2D eigenvalue weighted by atomic mass is 79.9. The number of hydrogen-bond acceptors (Lipinski definition) is 3. The summed E-state index contributed by atoms with van der Waals surface area (Å²) in [5.41, 5.74) is 0.566. The van der Waals surface area contributed by atoms with Crippen LogP contribution in [0.2, 0.25) is 0 Å². The van der Waals surface area contributed by atoms with E-state index in [-0.39, 0.29) is 11.3 Å². The quantitative estimate of drug-likeness (QED) is 0.608. The van der Waals surface area contributed by atoms with Crippen molar-refractivity contribution in [2.75, 3.05) is 7.11 Å². The van der Waals surface area contributed by atoms with Crippen molar-refractivity contribution in [3.8, 4) is 5.75 Å². The molecule has 106 valence electrons. The fourth-order valence-corrected chi connectivity index (χ4v) is 3.75. The van der Waals surface area contributed by atoms with Crippen molar-refractivity contribution in [1.29, 1.82) is 0 Å². The average molecular weight is 365 g/mol. The van der Waals surface area contributed by atoms with Crippen LogP contribution in [0.5, 0.6) is 5.75 Å². The molecule has 5 heteroatoms. The van der Waals surface area contributed by atoms with E-state index in [9.17, 15) is 9.18 Å². The Morgan fingerprint density at radius 3 is 2.76 bits per heavy atom. The maximum absolute atomic E-state index is 14.1. The first kappa shape index (κ1) is 14.2. The van der Waals surface area contributed by atoms with E-state index in [0.717, 1.165) is 14.6 Å². The van der Waals surface area contributed by atoms with Crippen molar-refractivity contribution >= 4 is 43.1 Å². The molecule has 0 saturated heterocycles. The highest BCUT2D eigenvalue weighted by Crippen LogP contribution is 2.33. The zero-order valence-electron chi connectivity index (χ0n) is 11.0. The van der Waals surface area contributed by atoms with Gasteiger partial charge in [0, 0.05) is 31.6 Å². The van der Waals surface area contributed by atoms with E-state index in [4.69, 9.17) is 4.74 Å². The van der Waals surface area contributed by atoms with Crippen LogP contribution < -0.4 is 4.74 Å². The molecular formula is C16H10BrFO2S. The maximum atomic E-state index is 14.1. The van der Waals surface area contributed by atoms with Gasteiger partial charge in [0.25, 0.3) is 0 Å². The van der Waals surface area contributed by atoms with Gasteiger partial charge in [-0.05, 0) is 34.1 Å². The second-order valence-electron chi connectivity index (χ2n) is 4.44. The smallest absolute Gasteiger partial charge is 0.197 e. The summed E-state index contributed by atoms with van der Waals surface area (Å²) >= 11 is 4.92. The molecule has 2 aromatic carbocycles. The van der Waals surface area contributed by atoms with Gasteiger partial charge in [-0.1, -0.05) is 12.1 Å². The second-order valence-corrected chi connectivity index (χ2v) is 6.17. The molecule has 0 fully saturated rings. The van der Waals surface area contributed by atoms with E-state index in [0.29, 0.717) is 11.3 Å². The highest BCUT2D eigenvalue weighted by Gasteiger charge is 2.19. The molecule has 0 amide bonds. The number of carbonyl (C=O) groups excluding carboxylic acids is 1. The lowest BCUT2D eigenvalue weighted by Crippen LogP contribution is -2.03. The standard InChI is InChI=1S/C16H10BrFO2S/c1-20-9-5-6-11(14(18)7-9)15(19)12-8-21-16-10(12)3-2-4-13(16)17/h2-8H,1H3. The fourth-order valence-electron chi connectivity index (χ4n) is 2.15. The fraction of sp³-hybridized carbons (Fsp3) is 0.0625. The number of benzene rings is 2. The number of thiophene rings is 1. The van der Waals surface area contributed by atoms with Crippen LogP contribution >= 0.6 is 27.3 Å². The largest absolute Gasteiger partial charge is 0.497 e. The first-order valence-corrected chi connectivity index (χ1v) is 7.83. The van der Waals surface area contributed by atoms with Gasteiger partial charge < -0.3 is 4.74 Å². The first-order chi connectivity index (χ1) is 10.1. The predicted molar refractivity (Wildman–Crippen MR) is 85.9 cm³/mol. The zero-order chi connectivity index (χ0) is 15.0. The lowest BCUT2D eigenvalue weighted by atomic mass is 10.0. The minimum Gasteiger partial charge on any atom is -0.497 e. The van der Waals surface area contributed by atoms with Gasteiger partial charge in [0.15, 0.2) is 5.78 Å². The predicted octanol–water partition coefficient (Wildman–Crippen LogP) is 5.04. The van der Waals surface area contributed by atoms with E-state index < -0.39 is 5.82 Å². The summed E-state index contributed by atoms with van der Waals surface area (Å²) in [7, 11) is 1.46. The molecule has 21 heavy (non-hydrogen) atoms. The number of ether oxygens (including phenoxy) is 1. The summed E-state index contributed by atoms with van der Waals surface area (Å²) in [6.45, 7) is 0. The van der Waals surface area contributed by atoms with Crippen LogP contribution in [0.25, 0.3) is 10.1 Å². The average Bonchev–Trinajstić information content (AvgIpc) is 2.92. The minimum atomic E-state index is -0.575. The van der Waals surface area contributed by atoms with Crippen LogP contribution in [0.1, 0.15) is 15.9 Å². The SMILES string of the molecule is COc1ccc(C(=O)c2csc3c(Br)cccc23)c(F)c1. The third-order valence-electron chi connectivity index (χ3n) is 3.22. The Hall–Kier alpha value is -1.72. The van der Waals surface area contributed by atoms with Gasteiger partial charge in [0.2, 0.25) is 0 Å². The van der Waals surface area contributed by atoms with Crippen molar-refractivity contribution < 1.29 is 13.9 Å². The number of hydrogen-bond donors (Lipinski definition) is 0. The lowest BCUT2D eigenvalue weighted by Gasteiger charge is -2.04. The number of fused-ring (bicyclic) bond motifs is 1. The van der Waals surface area contributed by atoms with Crippen LogP contribution in [0.3, 0.4) is 0 Å². The summed E-state index contributed by atoms with van der Waals surface area (Å²) in [6.07, 6.45) is 0. The van der Waals surface area contributed by atoms with E-state index in [1.54, 1.807) is 11.4 Å². The molecule has 0 aliphatic carbocycles. The maximum Gasteiger partial charge on any atom is 0.197 e. The molecule has 3 aromatic rings. The van der Waals surface area contributed by atoms with Crippen molar-refractivity contribution in [3.63, 3.8) is 0 Å². The summed E-state index contributed by atoms with van der Waals surface area (Å²) in [5, 5.41) is 2.59. The molecule has 1 heterocycles. The van der Waals surface area contributed by atoms with E-state index in [1.165, 1.54) is 30.6 Å². The van der Waals surface area contributed by atoms with Gasteiger partial charge in [-0.3, -0.25) is 4.79 Å². The number of methoxy groups -OCH3 is 1. The Kier molecular flexibility index (Phi) is 3.78. The monoisotopic (exact) mass is 364 g/mol. The summed E-state index contributed by atoms with van der Waals surface area (Å²) < 4.78 is 20.9. The van der Waals surface area contributed by atoms with Gasteiger partial charge >= 0.3 is 0 Å². The van der Waals surface area contributed by atoms with Gasteiger partial charge in [-0.15, -0.1) is 11.3 Å². The van der Waals surface area contributed by atoms with Crippen molar-refractivity contribution in [2.45, 2.75) is 0 Å². The molecule has 2 nitrogen and oxygen atoms in total. The third-order valence-corrected chi connectivity index (χ3v) is 5.17. The molecule has 0 atom stereocenters. The molecule has 0 unspecified atom stereocenters. The van der Waals surface area contributed by atoms with Gasteiger partial charge in [0.1, 0.15) is 11.6 Å². The summed E-state index contributed by atoms with van der Waals surface area (Å²) in [4.78, 5) is 12.6. The summed E-state index contributed by atoms with van der Waals surface area (Å²) in [5.74, 6) is -0.504. The van der Waals surface area contributed by atoms with Crippen LogP contribution in [0.4, 0.5) is 4.39 Å². The first-order valence-electron chi connectivity index (χ1n) is 6.16. The number of rotatable bonds is 3. The molecule has 0 saturated carbocycles. The van der Waals surface area contributed by atoms with Gasteiger partial charge in [0.05, 0.1) is 12.7 Å². The Morgan fingerprint density at radius 1 is 1.24 bits per heavy atom. The topological polar surface area (TPSA) is 26.3 Å². The number of carbonyl (C=O) groups is 1. The van der Waals surface area contributed by atoms with Crippen LogP contribution in [0, 0.1) is 5.82 Å². The van der Waals surface area contributed by atoms with Crippen LogP contribution in [-0.2, 0) is 0 Å². The second kappa shape index (κ2) is 5.58. The van der Waals surface area contributed by atoms with Gasteiger partial charge in [-0.25, -0.2) is 4.39 Å². The van der Waals surface area contributed by atoms with Crippen molar-refractivity contribution in [3.05, 3.63) is 63.2 Å². The Bertz CT molecular complexity index is 841. The molecule has 0 radical (unpaired) electrons. The molecule has 0 aliphatic heterocycles. The molecule has 1 aromatic heterocycles. The Labute approximate surface area is 133 Å². The van der Waals surface area contributed by atoms with Crippen LogP contribution in [0.15, 0.2) is 46.3 Å². The molecule has 0 N–H and O–H groups in total. The zero-order valence-corrected chi connectivity index (χ0v) is 13.4. The number of halogens is 2. The van der Waals surface area contributed by atoms with Crippen molar-refractivity contribution in [2.24, 2.45) is 0 Å². The van der Waals surface area contributed by atoms with E-state index in [1.807, 2.05) is 18.2 Å². The molecule has 3 rings (SSSR count). The molecule has 0 aliphatic rings. The molecule has 0 bridgehead atoms. The normalized spacial score (nSPS) is 10.8. The Morgan fingerprint density at radius 2 is 2.05 bits per heavy atom. The van der Waals surface area contributed by atoms with Crippen LogP contribution in [-0.4, -0.2) is 12.9 Å². The summed E-state index contributed by atoms with van der Waals surface area (Å²) in [6, 6.07) is 9.91. The number of ketones is 1. The molecular weight excluding hydrogens is 355 g/mol. The van der Waals surface area contributed by atoms with E-state index in [2.05, 4.69) is 15.9 Å². The highest BCUT2D eigenvalue weighted by molar-refractivity contribution is 9.10. The Balaban J connectivity index is 2.11. The van der Waals surface area contributed by atoms with Crippen molar-refractivity contribution in [1.82, 2.24) is 0 Å². The van der Waals surface area contributed by atoms with Gasteiger partial charge in [-0.2, -0.15) is 0 Å². The molecule has 0 spiro atoms.